The summed E-state index contributed by atoms with van der Waals surface area (Å²) in [7, 11) is 1.42. The summed E-state index contributed by atoms with van der Waals surface area (Å²) in [5, 5.41) is 2.87. The summed E-state index contributed by atoms with van der Waals surface area (Å²) < 4.78 is 18.6. The lowest BCUT2D eigenvalue weighted by molar-refractivity contribution is 0.0939. The van der Waals surface area contributed by atoms with Crippen molar-refractivity contribution >= 4 is 5.91 Å². The van der Waals surface area contributed by atoms with Gasteiger partial charge in [0, 0.05) is 5.56 Å². The first kappa shape index (κ1) is 15.0. The standard InChI is InChI=1S/C17H18FNO2/c1-11-6-4-5-7-14(11)17(20)19-12(2)13-8-9-16(21-3)15(18)10-13/h4-10,12H,1-3H3,(H,19,20)/t12-/m1/s1. The van der Waals surface area contributed by atoms with Crippen LogP contribution < -0.4 is 10.1 Å². The summed E-state index contributed by atoms with van der Waals surface area (Å²) in [6.45, 7) is 3.70. The fraction of sp³-hybridized carbons (Fsp3) is 0.235. The Morgan fingerprint density at radius 1 is 1.24 bits per heavy atom. The Morgan fingerprint density at radius 2 is 1.95 bits per heavy atom. The summed E-state index contributed by atoms with van der Waals surface area (Å²) >= 11 is 0. The van der Waals surface area contributed by atoms with Crippen LogP contribution in [0.2, 0.25) is 0 Å². The number of amides is 1. The fourth-order valence-electron chi connectivity index (χ4n) is 2.14. The number of hydrogen-bond donors (Lipinski definition) is 1. The molecule has 21 heavy (non-hydrogen) atoms. The van der Waals surface area contributed by atoms with E-state index in [4.69, 9.17) is 4.74 Å². The number of carbonyl (C=O) groups is 1. The van der Waals surface area contributed by atoms with E-state index >= 15 is 0 Å². The number of aryl methyl sites for hydroxylation is 1. The van der Waals surface area contributed by atoms with E-state index in [0.29, 0.717) is 11.1 Å². The van der Waals surface area contributed by atoms with Crippen LogP contribution in [-0.2, 0) is 0 Å². The molecule has 1 N–H and O–H groups in total. The second-order valence-corrected chi connectivity index (χ2v) is 4.90. The van der Waals surface area contributed by atoms with Gasteiger partial charge in [0.2, 0.25) is 0 Å². The van der Waals surface area contributed by atoms with Crippen molar-refractivity contribution in [3.05, 3.63) is 65.0 Å². The first-order valence-corrected chi connectivity index (χ1v) is 6.73. The van der Waals surface area contributed by atoms with Crippen LogP contribution >= 0.6 is 0 Å². The maximum Gasteiger partial charge on any atom is 0.252 e. The molecule has 2 rings (SSSR count). The number of hydrogen-bond acceptors (Lipinski definition) is 2. The molecule has 0 fully saturated rings. The van der Waals surface area contributed by atoms with E-state index in [0.717, 1.165) is 5.56 Å². The highest BCUT2D eigenvalue weighted by molar-refractivity contribution is 5.95. The van der Waals surface area contributed by atoms with Gasteiger partial charge in [-0.2, -0.15) is 0 Å². The first-order valence-electron chi connectivity index (χ1n) is 6.73. The zero-order valence-corrected chi connectivity index (χ0v) is 12.3. The van der Waals surface area contributed by atoms with Gasteiger partial charge in [-0.25, -0.2) is 4.39 Å². The normalized spacial score (nSPS) is 11.8. The monoisotopic (exact) mass is 287 g/mol. The zero-order valence-electron chi connectivity index (χ0n) is 12.3. The minimum atomic E-state index is -0.438. The molecule has 0 unspecified atom stereocenters. The maximum atomic E-state index is 13.7. The molecule has 0 saturated heterocycles. The van der Waals surface area contributed by atoms with E-state index in [1.807, 2.05) is 32.0 Å². The van der Waals surface area contributed by atoms with Crippen molar-refractivity contribution in [2.45, 2.75) is 19.9 Å². The molecule has 0 spiro atoms. The van der Waals surface area contributed by atoms with Gasteiger partial charge in [0.05, 0.1) is 13.2 Å². The minimum Gasteiger partial charge on any atom is -0.494 e. The minimum absolute atomic E-state index is 0.170. The summed E-state index contributed by atoms with van der Waals surface area (Å²) in [4.78, 5) is 12.2. The average molecular weight is 287 g/mol. The number of methoxy groups -OCH3 is 1. The Balaban J connectivity index is 2.14. The molecule has 0 aromatic heterocycles. The highest BCUT2D eigenvalue weighted by Gasteiger charge is 2.14. The fourth-order valence-corrected chi connectivity index (χ4v) is 2.14. The van der Waals surface area contributed by atoms with Crippen LogP contribution in [0.4, 0.5) is 4.39 Å². The second kappa shape index (κ2) is 6.39. The average Bonchev–Trinajstić information content (AvgIpc) is 2.47. The smallest absolute Gasteiger partial charge is 0.252 e. The summed E-state index contributed by atoms with van der Waals surface area (Å²) in [6, 6.07) is 11.7. The molecular weight excluding hydrogens is 269 g/mol. The number of ether oxygens (including phenoxy) is 1. The number of carbonyl (C=O) groups excluding carboxylic acids is 1. The number of rotatable bonds is 4. The lowest BCUT2D eigenvalue weighted by Crippen LogP contribution is -2.27. The number of benzene rings is 2. The SMILES string of the molecule is COc1ccc([C@@H](C)NC(=O)c2ccccc2C)cc1F. The predicted molar refractivity (Wildman–Crippen MR) is 80.0 cm³/mol. The van der Waals surface area contributed by atoms with E-state index < -0.39 is 5.82 Å². The summed E-state index contributed by atoms with van der Waals surface area (Å²) in [5.74, 6) is -0.417. The van der Waals surface area contributed by atoms with Crippen molar-refractivity contribution in [2.24, 2.45) is 0 Å². The van der Waals surface area contributed by atoms with Gasteiger partial charge in [-0.3, -0.25) is 4.79 Å². The third-order valence-corrected chi connectivity index (χ3v) is 3.41. The lowest BCUT2D eigenvalue weighted by Gasteiger charge is -2.16. The second-order valence-electron chi connectivity index (χ2n) is 4.90. The largest absolute Gasteiger partial charge is 0.494 e. The maximum absolute atomic E-state index is 13.7. The Labute approximate surface area is 123 Å². The molecule has 4 heteroatoms. The molecule has 0 bridgehead atoms. The van der Waals surface area contributed by atoms with Crippen LogP contribution in [0.5, 0.6) is 5.75 Å². The predicted octanol–water partition coefficient (Wildman–Crippen LogP) is 3.63. The van der Waals surface area contributed by atoms with Crippen molar-refractivity contribution in [1.82, 2.24) is 5.32 Å². The van der Waals surface area contributed by atoms with Gasteiger partial charge < -0.3 is 10.1 Å². The van der Waals surface area contributed by atoms with Gasteiger partial charge in [-0.15, -0.1) is 0 Å². The molecule has 0 radical (unpaired) electrons. The number of halogens is 1. The van der Waals surface area contributed by atoms with E-state index in [2.05, 4.69) is 5.32 Å². The van der Waals surface area contributed by atoms with E-state index in [1.165, 1.54) is 13.2 Å². The molecular formula is C17H18FNO2. The molecule has 0 aliphatic carbocycles. The van der Waals surface area contributed by atoms with Gasteiger partial charge in [-0.05, 0) is 43.2 Å². The third kappa shape index (κ3) is 3.40. The quantitative estimate of drug-likeness (QED) is 0.932. The van der Waals surface area contributed by atoms with E-state index in [1.54, 1.807) is 18.2 Å². The van der Waals surface area contributed by atoms with Gasteiger partial charge in [0.25, 0.3) is 5.91 Å². The van der Waals surface area contributed by atoms with Gasteiger partial charge >= 0.3 is 0 Å². The first-order chi connectivity index (χ1) is 10.0. The van der Waals surface area contributed by atoms with Crippen LogP contribution in [-0.4, -0.2) is 13.0 Å². The van der Waals surface area contributed by atoms with Crippen molar-refractivity contribution in [1.29, 1.82) is 0 Å². The van der Waals surface area contributed by atoms with Crippen LogP contribution in [0.15, 0.2) is 42.5 Å². The molecule has 0 aliphatic rings. The van der Waals surface area contributed by atoms with Gasteiger partial charge in [0.1, 0.15) is 0 Å². The summed E-state index contributed by atoms with van der Waals surface area (Å²) in [5.41, 5.74) is 2.22. The summed E-state index contributed by atoms with van der Waals surface area (Å²) in [6.07, 6.45) is 0. The molecule has 2 aromatic carbocycles. The van der Waals surface area contributed by atoms with Crippen LogP contribution in [0, 0.1) is 12.7 Å². The van der Waals surface area contributed by atoms with E-state index in [-0.39, 0.29) is 17.7 Å². The van der Waals surface area contributed by atoms with Gasteiger partial charge in [0.15, 0.2) is 11.6 Å². The van der Waals surface area contributed by atoms with E-state index in [9.17, 15) is 9.18 Å². The molecule has 110 valence electrons. The van der Waals surface area contributed by atoms with Crippen molar-refractivity contribution in [3.8, 4) is 5.75 Å². The molecule has 0 heterocycles. The van der Waals surface area contributed by atoms with Crippen molar-refractivity contribution in [3.63, 3.8) is 0 Å². The molecule has 1 amide bonds. The van der Waals surface area contributed by atoms with Gasteiger partial charge in [-0.1, -0.05) is 24.3 Å². The van der Waals surface area contributed by atoms with Crippen LogP contribution in [0.3, 0.4) is 0 Å². The highest BCUT2D eigenvalue weighted by atomic mass is 19.1. The molecule has 3 nitrogen and oxygen atoms in total. The van der Waals surface area contributed by atoms with Crippen molar-refractivity contribution in [2.75, 3.05) is 7.11 Å². The van der Waals surface area contributed by atoms with Crippen LogP contribution in [0.25, 0.3) is 0 Å². The molecule has 0 aliphatic heterocycles. The van der Waals surface area contributed by atoms with Crippen molar-refractivity contribution < 1.29 is 13.9 Å². The lowest BCUT2D eigenvalue weighted by atomic mass is 10.1. The Bertz CT molecular complexity index is 655. The molecule has 0 saturated carbocycles. The molecule has 1 atom stereocenters. The number of nitrogens with one attached hydrogen (secondary N) is 1. The molecule has 2 aromatic rings. The zero-order chi connectivity index (χ0) is 15.4. The third-order valence-electron chi connectivity index (χ3n) is 3.41. The Hall–Kier alpha value is -2.36. The topological polar surface area (TPSA) is 38.3 Å². The van der Waals surface area contributed by atoms with Crippen LogP contribution in [0.1, 0.15) is 34.5 Å². The Kier molecular flexibility index (Phi) is 4.58. The Morgan fingerprint density at radius 3 is 2.57 bits per heavy atom. The highest BCUT2D eigenvalue weighted by Crippen LogP contribution is 2.22.